The molecule has 0 unspecified atom stereocenters. The summed E-state index contributed by atoms with van der Waals surface area (Å²) in [5.74, 6) is -1.52. The minimum atomic E-state index is -4.52. The van der Waals surface area contributed by atoms with Crippen LogP contribution in [-0.2, 0) is 11.0 Å². The SMILES string of the molecule is CC[C@@H](C)[C@H](NC(=O)Nc1cccc(C(F)(F)F)c1)C(=O)O. The second kappa shape index (κ2) is 7.15. The van der Waals surface area contributed by atoms with Crippen LogP contribution in [0.15, 0.2) is 24.3 Å². The lowest BCUT2D eigenvalue weighted by atomic mass is 9.99. The number of anilines is 1. The van der Waals surface area contributed by atoms with Crippen molar-refractivity contribution in [3.63, 3.8) is 0 Å². The van der Waals surface area contributed by atoms with Gasteiger partial charge in [0.15, 0.2) is 0 Å². The Bertz CT molecular complexity index is 546. The highest BCUT2D eigenvalue weighted by molar-refractivity contribution is 5.92. The molecule has 2 amide bonds. The molecule has 0 saturated heterocycles. The number of urea groups is 1. The van der Waals surface area contributed by atoms with Crippen LogP contribution in [0, 0.1) is 5.92 Å². The van der Waals surface area contributed by atoms with E-state index in [0.29, 0.717) is 6.42 Å². The van der Waals surface area contributed by atoms with E-state index < -0.39 is 29.8 Å². The van der Waals surface area contributed by atoms with Gasteiger partial charge < -0.3 is 15.7 Å². The molecule has 3 N–H and O–H groups in total. The van der Waals surface area contributed by atoms with Gasteiger partial charge in [-0.2, -0.15) is 13.2 Å². The molecular weight excluding hydrogens is 301 g/mol. The van der Waals surface area contributed by atoms with Gasteiger partial charge in [0.1, 0.15) is 6.04 Å². The molecule has 0 aliphatic carbocycles. The van der Waals surface area contributed by atoms with Crippen LogP contribution in [0.2, 0.25) is 0 Å². The molecule has 0 aliphatic heterocycles. The van der Waals surface area contributed by atoms with Crippen LogP contribution in [-0.4, -0.2) is 23.1 Å². The maximum Gasteiger partial charge on any atom is 0.416 e. The highest BCUT2D eigenvalue weighted by Gasteiger charge is 2.30. The summed E-state index contributed by atoms with van der Waals surface area (Å²) in [5.41, 5.74) is -0.970. The molecule has 0 heterocycles. The largest absolute Gasteiger partial charge is 0.480 e. The Kier molecular flexibility index (Phi) is 5.78. The van der Waals surface area contributed by atoms with Crippen molar-refractivity contribution in [1.29, 1.82) is 0 Å². The zero-order valence-electron chi connectivity index (χ0n) is 12.1. The van der Waals surface area contributed by atoms with Crippen LogP contribution in [0.25, 0.3) is 0 Å². The van der Waals surface area contributed by atoms with Crippen molar-refractivity contribution in [2.24, 2.45) is 5.92 Å². The number of halogens is 3. The Balaban J connectivity index is 2.78. The van der Waals surface area contributed by atoms with E-state index in [0.717, 1.165) is 18.2 Å². The minimum Gasteiger partial charge on any atom is -0.480 e. The first-order valence-electron chi connectivity index (χ1n) is 6.62. The molecule has 1 aromatic carbocycles. The number of carbonyl (C=O) groups is 2. The smallest absolute Gasteiger partial charge is 0.416 e. The molecule has 122 valence electrons. The van der Waals surface area contributed by atoms with Gasteiger partial charge in [-0.15, -0.1) is 0 Å². The number of nitrogens with one attached hydrogen (secondary N) is 2. The average molecular weight is 318 g/mol. The molecule has 22 heavy (non-hydrogen) atoms. The van der Waals surface area contributed by atoms with Gasteiger partial charge in [-0.3, -0.25) is 0 Å². The van der Waals surface area contributed by atoms with Crippen molar-refractivity contribution >= 4 is 17.7 Å². The maximum atomic E-state index is 12.6. The van der Waals surface area contributed by atoms with Gasteiger partial charge in [-0.1, -0.05) is 26.3 Å². The summed E-state index contributed by atoms with van der Waals surface area (Å²) in [7, 11) is 0. The fourth-order valence-electron chi connectivity index (χ4n) is 1.76. The Morgan fingerprint density at radius 3 is 2.45 bits per heavy atom. The highest BCUT2D eigenvalue weighted by Crippen LogP contribution is 2.30. The van der Waals surface area contributed by atoms with Gasteiger partial charge >= 0.3 is 18.2 Å². The van der Waals surface area contributed by atoms with E-state index in [1.54, 1.807) is 13.8 Å². The van der Waals surface area contributed by atoms with Crippen molar-refractivity contribution < 1.29 is 27.9 Å². The third-order valence-electron chi connectivity index (χ3n) is 3.21. The Hall–Kier alpha value is -2.25. The predicted octanol–water partition coefficient (Wildman–Crippen LogP) is 3.33. The average Bonchev–Trinajstić information content (AvgIpc) is 2.43. The van der Waals surface area contributed by atoms with Crippen LogP contribution in [0.1, 0.15) is 25.8 Å². The minimum absolute atomic E-state index is 0.0689. The summed E-state index contributed by atoms with van der Waals surface area (Å²) in [5, 5.41) is 13.5. The number of carboxylic acid groups (broad SMARTS) is 1. The van der Waals surface area contributed by atoms with Crippen LogP contribution >= 0.6 is 0 Å². The summed E-state index contributed by atoms with van der Waals surface area (Å²) in [6.07, 6.45) is -3.99. The standard InChI is InChI=1S/C14H17F3N2O3/c1-3-8(2)11(12(20)21)19-13(22)18-10-6-4-5-9(7-10)14(15,16)17/h4-8,11H,3H2,1-2H3,(H,20,21)(H2,18,19,22)/t8-,11+/m1/s1. The maximum absolute atomic E-state index is 12.6. The summed E-state index contributed by atoms with van der Waals surface area (Å²) >= 11 is 0. The number of aliphatic carboxylic acids is 1. The van der Waals surface area contributed by atoms with E-state index in [2.05, 4.69) is 10.6 Å². The Morgan fingerprint density at radius 1 is 1.32 bits per heavy atom. The summed E-state index contributed by atoms with van der Waals surface area (Å²) < 4.78 is 37.7. The third kappa shape index (κ3) is 4.94. The van der Waals surface area contributed by atoms with Crippen molar-refractivity contribution in [3.05, 3.63) is 29.8 Å². The molecule has 0 aromatic heterocycles. The molecule has 0 fully saturated rings. The first kappa shape index (κ1) is 17.8. The lowest BCUT2D eigenvalue weighted by Crippen LogP contribution is -2.46. The quantitative estimate of drug-likeness (QED) is 0.779. The van der Waals surface area contributed by atoms with Crippen molar-refractivity contribution in [1.82, 2.24) is 5.32 Å². The zero-order chi connectivity index (χ0) is 16.9. The molecule has 0 radical (unpaired) electrons. The zero-order valence-corrected chi connectivity index (χ0v) is 12.1. The number of hydrogen-bond acceptors (Lipinski definition) is 2. The molecule has 0 bridgehead atoms. The monoisotopic (exact) mass is 318 g/mol. The predicted molar refractivity (Wildman–Crippen MR) is 74.5 cm³/mol. The molecule has 0 saturated carbocycles. The van der Waals surface area contributed by atoms with Gasteiger partial charge in [-0.05, 0) is 24.1 Å². The summed E-state index contributed by atoms with van der Waals surface area (Å²) in [6, 6.07) is 2.11. The van der Waals surface area contributed by atoms with E-state index in [9.17, 15) is 22.8 Å². The van der Waals surface area contributed by atoms with Crippen molar-refractivity contribution in [2.75, 3.05) is 5.32 Å². The molecule has 8 heteroatoms. The third-order valence-corrected chi connectivity index (χ3v) is 3.21. The van der Waals surface area contributed by atoms with Gasteiger partial charge in [0, 0.05) is 5.69 Å². The Labute approximate surface area is 125 Å². The van der Waals surface area contributed by atoms with Crippen LogP contribution in [0.4, 0.5) is 23.7 Å². The summed E-state index contributed by atoms with van der Waals surface area (Å²) in [6.45, 7) is 3.43. The lowest BCUT2D eigenvalue weighted by Gasteiger charge is -2.20. The number of benzene rings is 1. The van der Waals surface area contributed by atoms with E-state index in [-0.39, 0.29) is 11.6 Å². The fourth-order valence-corrected chi connectivity index (χ4v) is 1.76. The number of hydrogen-bond donors (Lipinski definition) is 3. The molecule has 2 atom stereocenters. The van der Waals surface area contributed by atoms with E-state index >= 15 is 0 Å². The van der Waals surface area contributed by atoms with Crippen molar-refractivity contribution in [2.45, 2.75) is 32.5 Å². The summed E-state index contributed by atoms with van der Waals surface area (Å²) in [4.78, 5) is 22.8. The number of alkyl halides is 3. The lowest BCUT2D eigenvalue weighted by molar-refractivity contribution is -0.140. The molecule has 5 nitrogen and oxygen atoms in total. The van der Waals surface area contributed by atoms with Crippen LogP contribution in [0.5, 0.6) is 0 Å². The second-order valence-electron chi connectivity index (χ2n) is 4.88. The number of rotatable bonds is 5. The fraction of sp³-hybridized carbons (Fsp3) is 0.429. The van der Waals surface area contributed by atoms with Crippen molar-refractivity contribution in [3.8, 4) is 0 Å². The van der Waals surface area contributed by atoms with Gasteiger partial charge in [0.05, 0.1) is 5.56 Å². The van der Waals surface area contributed by atoms with E-state index in [1.807, 2.05) is 0 Å². The molecular formula is C14H17F3N2O3. The molecule has 0 aliphatic rings. The second-order valence-corrected chi connectivity index (χ2v) is 4.88. The molecule has 0 spiro atoms. The van der Waals surface area contributed by atoms with Crippen LogP contribution < -0.4 is 10.6 Å². The van der Waals surface area contributed by atoms with Gasteiger partial charge in [0.2, 0.25) is 0 Å². The topological polar surface area (TPSA) is 78.4 Å². The van der Waals surface area contributed by atoms with Gasteiger partial charge in [-0.25, -0.2) is 9.59 Å². The number of carboxylic acids is 1. The Morgan fingerprint density at radius 2 is 1.95 bits per heavy atom. The first-order valence-corrected chi connectivity index (χ1v) is 6.62. The molecule has 1 aromatic rings. The van der Waals surface area contributed by atoms with Crippen LogP contribution in [0.3, 0.4) is 0 Å². The molecule has 1 rings (SSSR count). The van der Waals surface area contributed by atoms with Gasteiger partial charge in [0.25, 0.3) is 0 Å². The normalized spacial score (nSPS) is 14.0. The van der Waals surface area contributed by atoms with E-state index in [1.165, 1.54) is 6.07 Å². The number of carbonyl (C=O) groups excluding carboxylic acids is 1. The number of amides is 2. The highest BCUT2D eigenvalue weighted by atomic mass is 19.4. The first-order chi connectivity index (χ1) is 10.1. The van der Waals surface area contributed by atoms with E-state index in [4.69, 9.17) is 5.11 Å².